The van der Waals surface area contributed by atoms with Crippen LogP contribution < -0.4 is 21.1 Å². The summed E-state index contributed by atoms with van der Waals surface area (Å²) in [6, 6.07) is 0. The van der Waals surface area contributed by atoms with E-state index in [1.807, 2.05) is 26.0 Å². The molecule has 0 radical (unpaired) electrons. The van der Waals surface area contributed by atoms with Crippen molar-refractivity contribution in [2.45, 2.75) is 47.0 Å². The summed E-state index contributed by atoms with van der Waals surface area (Å²) in [4.78, 5) is 35.1. The van der Waals surface area contributed by atoms with Crippen LogP contribution in [0.3, 0.4) is 0 Å². The molecule has 0 bridgehead atoms. The van der Waals surface area contributed by atoms with Crippen LogP contribution in [0, 0.1) is 27.7 Å². The van der Waals surface area contributed by atoms with Gasteiger partial charge in [0.2, 0.25) is 0 Å². The summed E-state index contributed by atoms with van der Waals surface area (Å²) >= 11 is 0. The van der Waals surface area contributed by atoms with Gasteiger partial charge in [-0.05, 0) is 62.1 Å². The molecule has 4 aromatic rings. The number of nitrogens with one attached hydrogen (secondary N) is 4. The molecule has 0 aromatic carbocycles. The Kier molecular flexibility index (Phi) is 8.70. The lowest BCUT2D eigenvalue weighted by atomic mass is 10.0. The fraction of sp³-hybridized carbons (Fsp3) is 0.212. The van der Waals surface area contributed by atoms with E-state index < -0.39 is 11.9 Å². The van der Waals surface area contributed by atoms with Crippen molar-refractivity contribution in [3.8, 4) is 11.8 Å². The van der Waals surface area contributed by atoms with Gasteiger partial charge in [0.05, 0.1) is 23.5 Å². The largest absolute Gasteiger partial charge is 0.494 e. The first kappa shape index (κ1) is 30.6. The van der Waals surface area contributed by atoms with Crippen molar-refractivity contribution < 1.29 is 30.0 Å². The van der Waals surface area contributed by atoms with Crippen LogP contribution in [0.5, 0.6) is 11.8 Å². The van der Waals surface area contributed by atoms with Crippen LogP contribution in [0.2, 0.25) is 0 Å². The molecule has 4 heterocycles. The van der Waals surface area contributed by atoms with E-state index in [-0.39, 0.29) is 24.6 Å². The molecule has 0 aliphatic carbocycles. The highest BCUT2D eigenvalue weighted by Gasteiger charge is 2.17. The molecule has 0 amide bonds. The van der Waals surface area contributed by atoms with Crippen LogP contribution in [0.25, 0.3) is 36.5 Å². The van der Waals surface area contributed by atoms with Gasteiger partial charge in [0.15, 0.2) is 11.8 Å². The minimum atomic E-state index is -0.966. The topological polar surface area (TPSA) is 178 Å². The van der Waals surface area contributed by atoms with Gasteiger partial charge in [-0.1, -0.05) is 37.5 Å². The van der Waals surface area contributed by atoms with Gasteiger partial charge >= 0.3 is 11.9 Å². The van der Waals surface area contributed by atoms with E-state index in [9.17, 15) is 19.8 Å². The van der Waals surface area contributed by atoms with Crippen LogP contribution in [0.4, 0.5) is 0 Å². The average Bonchev–Trinajstić information content (AvgIpc) is 3.59. The number of carboxylic acid groups (broad SMARTS) is 2. The van der Waals surface area contributed by atoms with Gasteiger partial charge in [-0.25, -0.2) is 0 Å². The minimum absolute atomic E-state index is 0.0215. The number of aromatic amines is 4. The zero-order valence-corrected chi connectivity index (χ0v) is 24.6. The normalized spacial score (nSPS) is 13.3. The lowest BCUT2D eigenvalue weighted by Gasteiger charge is -2.02. The van der Waals surface area contributed by atoms with E-state index in [1.165, 1.54) is 0 Å². The molecule has 0 fully saturated rings. The Labute approximate surface area is 247 Å². The second-order valence-corrected chi connectivity index (χ2v) is 10.4. The summed E-state index contributed by atoms with van der Waals surface area (Å²) in [5.41, 5.74) is 8.18. The van der Waals surface area contributed by atoms with E-state index in [1.54, 1.807) is 38.2 Å². The lowest BCUT2D eigenvalue weighted by Crippen LogP contribution is -2.24. The van der Waals surface area contributed by atoms with E-state index in [0.29, 0.717) is 38.7 Å². The highest BCUT2D eigenvalue weighted by molar-refractivity contribution is 5.74. The van der Waals surface area contributed by atoms with Gasteiger partial charge in [-0.3, -0.25) is 9.59 Å². The number of aromatic hydroxyl groups is 2. The molecule has 10 heteroatoms. The zero-order chi connectivity index (χ0) is 31.6. The number of hydrogen-bond donors (Lipinski definition) is 8. The van der Waals surface area contributed by atoms with Gasteiger partial charge < -0.3 is 40.4 Å². The first-order chi connectivity index (χ1) is 20.4. The predicted octanol–water partition coefficient (Wildman–Crippen LogP) is 2.69. The smallest absolute Gasteiger partial charge is 0.307 e. The quantitative estimate of drug-likeness (QED) is 0.142. The molecule has 0 saturated heterocycles. The third-order valence-corrected chi connectivity index (χ3v) is 7.74. The van der Waals surface area contributed by atoms with E-state index in [2.05, 4.69) is 33.1 Å². The molecular formula is C33H36N4O6. The van der Waals surface area contributed by atoms with Crippen molar-refractivity contribution in [2.24, 2.45) is 0 Å². The highest BCUT2D eigenvalue weighted by Crippen LogP contribution is 2.27. The summed E-state index contributed by atoms with van der Waals surface area (Å²) < 4.78 is 0. The molecule has 4 rings (SSSR count). The summed E-state index contributed by atoms with van der Waals surface area (Å²) in [6.07, 6.45) is 10.5. The molecular weight excluding hydrogens is 548 g/mol. The fourth-order valence-electron chi connectivity index (χ4n) is 5.34. The van der Waals surface area contributed by atoms with Crippen LogP contribution >= 0.6 is 0 Å². The lowest BCUT2D eigenvalue weighted by molar-refractivity contribution is -0.136. The number of aliphatic carboxylic acids is 2. The first-order valence-corrected chi connectivity index (χ1v) is 13.7. The molecule has 8 N–H and O–H groups in total. The van der Waals surface area contributed by atoms with Gasteiger partial charge in [0.1, 0.15) is 0 Å². The molecule has 0 aliphatic rings. The Morgan fingerprint density at radius 3 is 1.35 bits per heavy atom. The second kappa shape index (κ2) is 12.2. The molecule has 10 nitrogen and oxygen atoms in total. The maximum atomic E-state index is 11.2. The van der Waals surface area contributed by atoms with Gasteiger partial charge in [-0.15, -0.1) is 0 Å². The summed E-state index contributed by atoms with van der Waals surface area (Å²) in [5, 5.41) is 41.3. The maximum Gasteiger partial charge on any atom is 0.307 e. The van der Waals surface area contributed by atoms with E-state index in [0.717, 1.165) is 45.0 Å². The number of carbonyl (C=O) groups is 2. The van der Waals surface area contributed by atoms with Crippen molar-refractivity contribution in [2.75, 3.05) is 0 Å². The first-order valence-electron chi connectivity index (χ1n) is 13.7. The Bertz CT molecular complexity index is 1870. The average molecular weight is 585 g/mol. The number of H-pyrrole nitrogens is 4. The Hall–Kier alpha value is -5.38. The molecule has 43 heavy (non-hydrogen) atoms. The predicted molar refractivity (Wildman–Crippen MR) is 168 cm³/mol. The third kappa shape index (κ3) is 6.13. The van der Waals surface area contributed by atoms with Gasteiger partial charge in [0.25, 0.3) is 0 Å². The third-order valence-electron chi connectivity index (χ3n) is 7.74. The SMILES string of the molecule is C=Cc1c(Cc2[nH]c(C=c3[nH]c(O)c(C)c3=CCC(=O)O)c(C)c2C=C)[nH]c(C=c2[nH]c(O)c(C)c2=CCC(=O)O)c1C. The molecule has 0 spiro atoms. The van der Waals surface area contributed by atoms with Crippen molar-refractivity contribution in [1.29, 1.82) is 0 Å². The monoisotopic (exact) mass is 584 g/mol. The molecule has 0 unspecified atom stereocenters. The Morgan fingerprint density at radius 1 is 0.651 bits per heavy atom. The van der Waals surface area contributed by atoms with Crippen LogP contribution in [0.1, 0.15) is 69.0 Å². The highest BCUT2D eigenvalue weighted by atomic mass is 16.4. The Morgan fingerprint density at radius 2 is 1.02 bits per heavy atom. The van der Waals surface area contributed by atoms with Crippen LogP contribution in [-0.2, 0) is 16.0 Å². The van der Waals surface area contributed by atoms with Crippen LogP contribution in [0.15, 0.2) is 13.2 Å². The zero-order valence-electron chi connectivity index (χ0n) is 24.6. The second-order valence-electron chi connectivity index (χ2n) is 10.4. The van der Waals surface area contributed by atoms with Crippen LogP contribution in [-0.4, -0.2) is 52.3 Å². The summed E-state index contributed by atoms with van der Waals surface area (Å²) in [5.74, 6) is -1.97. The molecule has 0 saturated carbocycles. The molecule has 224 valence electrons. The standard InChI is InChI=1S/C33H36N4O6/c1-7-20-16(3)24(13-28-22(9-11-30(38)39)18(5)32(42)36-28)34-26(20)15-27-21(8-2)17(4)25(35-27)14-29-23(10-12-31(40)41)19(6)33(43)37-29/h7-10,13-14,34-37,42-43H,1-2,11-12,15H2,3-6H3,(H,38,39)(H,40,41). The molecule has 0 aliphatic heterocycles. The van der Waals surface area contributed by atoms with E-state index >= 15 is 0 Å². The number of rotatable bonds is 10. The molecule has 4 aromatic heterocycles. The number of hydrogen-bond acceptors (Lipinski definition) is 4. The maximum absolute atomic E-state index is 11.2. The van der Waals surface area contributed by atoms with Crippen molar-refractivity contribution >= 4 is 48.4 Å². The molecule has 0 atom stereocenters. The number of aromatic nitrogens is 4. The number of carboxylic acids is 2. The van der Waals surface area contributed by atoms with Gasteiger partial charge in [-0.2, -0.15) is 0 Å². The Balaban J connectivity index is 1.82. The minimum Gasteiger partial charge on any atom is -0.494 e. The van der Waals surface area contributed by atoms with Gasteiger partial charge in [0, 0.05) is 50.8 Å². The van der Waals surface area contributed by atoms with E-state index in [4.69, 9.17) is 10.2 Å². The summed E-state index contributed by atoms with van der Waals surface area (Å²) in [7, 11) is 0. The van der Waals surface area contributed by atoms with Crippen molar-refractivity contribution in [3.63, 3.8) is 0 Å². The van der Waals surface area contributed by atoms with Crippen molar-refractivity contribution in [1.82, 2.24) is 19.9 Å². The van der Waals surface area contributed by atoms with Crippen molar-refractivity contribution in [3.05, 3.63) is 90.4 Å². The summed E-state index contributed by atoms with van der Waals surface area (Å²) in [6.45, 7) is 15.4. The fourth-order valence-corrected chi connectivity index (χ4v) is 5.34.